The second-order valence-corrected chi connectivity index (χ2v) is 8.44. The van der Waals surface area contributed by atoms with Crippen molar-refractivity contribution >= 4 is 27.5 Å². The van der Waals surface area contributed by atoms with Gasteiger partial charge in [-0.2, -0.15) is 18.4 Å². The minimum Gasteiger partial charge on any atom is -0.377 e. The van der Waals surface area contributed by atoms with Gasteiger partial charge in [-0.15, -0.1) is 11.3 Å². The molecule has 0 spiro atoms. The van der Waals surface area contributed by atoms with Gasteiger partial charge in [-0.25, -0.2) is 4.79 Å². The molecule has 0 unspecified atom stereocenters. The number of alkyl halides is 3. The fourth-order valence-electron chi connectivity index (χ4n) is 3.67. The van der Waals surface area contributed by atoms with Crippen LogP contribution in [0.15, 0.2) is 14.6 Å². The fourth-order valence-corrected chi connectivity index (χ4v) is 5.00. The first-order chi connectivity index (χ1) is 14.7. The number of aryl methyl sites for hydroxylation is 2. The number of guanidine groups is 1. The molecule has 2 aliphatic rings. The number of ether oxygens (including phenoxy) is 1. The number of nitriles is 1. The lowest BCUT2D eigenvalue weighted by atomic mass is 10.2. The number of hydrogen-bond acceptors (Lipinski definition) is 8. The van der Waals surface area contributed by atoms with Gasteiger partial charge in [-0.05, 0) is 12.5 Å². The number of thiophene rings is 1. The van der Waals surface area contributed by atoms with Crippen LogP contribution in [-0.4, -0.2) is 52.5 Å². The molecule has 1 N–H and O–H groups in total. The molecule has 0 radical (unpaired) electrons. The first kappa shape index (κ1) is 21.4. The third kappa shape index (κ3) is 3.92. The van der Waals surface area contributed by atoms with Crippen LogP contribution in [0.3, 0.4) is 0 Å². The zero-order valence-electron chi connectivity index (χ0n) is 16.5. The van der Waals surface area contributed by atoms with Crippen LogP contribution in [0, 0.1) is 18.4 Å². The van der Waals surface area contributed by atoms with Gasteiger partial charge in [0.2, 0.25) is 5.96 Å². The van der Waals surface area contributed by atoms with E-state index in [-0.39, 0.29) is 23.4 Å². The molecule has 0 bridgehead atoms. The maximum atomic E-state index is 13.2. The molecule has 0 aliphatic carbocycles. The number of rotatable bonds is 5. The molecule has 2 aromatic rings. The molecule has 4 rings (SSSR count). The van der Waals surface area contributed by atoms with Crippen molar-refractivity contribution in [1.82, 2.24) is 19.4 Å². The van der Waals surface area contributed by atoms with Crippen molar-refractivity contribution in [2.45, 2.75) is 38.7 Å². The molecule has 1 fully saturated rings. The minimum absolute atomic E-state index is 0.170. The van der Waals surface area contributed by atoms with Gasteiger partial charge in [0.1, 0.15) is 4.83 Å². The van der Waals surface area contributed by atoms with E-state index in [1.54, 1.807) is 6.92 Å². The fraction of sp³-hybridized carbons (Fsp3) is 0.556. The molecule has 0 atom stereocenters. The second-order valence-electron chi connectivity index (χ2n) is 7.36. The number of nitrogens with one attached hydrogen (secondary N) is 1. The van der Waals surface area contributed by atoms with E-state index in [0.29, 0.717) is 31.2 Å². The van der Waals surface area contributed by atoms with Gasteiger partial charge in [-0.3, -0.25) is 24.2 Å². The smallest absolute Gasteiger partial charge is 0.377 e. The minimum atomic E-state index is -4.44. The van der Waals surface area contributed by atoms with Crippen LogP contribution in [0.1, 0.15) is 22.9 Å². The van der Waals surface area contributed by atoms with Crippen LogP contribution in [0.5, 0.6) is 0 Å². The molecule has 9 nitrogen and oxygen atoms in total. The Balaban J connectivity index is 1.82. The van der Waals surface area contributed by atoms with Crippen molar-refractivity contribution < 1.29 is 17.9 Å². The lowest BCUT2D eigenvalue weighted by Gasteiger charge is -2.28. The van der Waals surface area contributed by atoms with Crippen LogP contribution in [0.2, 0.25) is 0 Å². The summed E-state index contributed by atoms with van der Waals surface area (Å²) in [5, 5.41) is 11.6. The molecule has 4 heterocycles. The highest BCUT2D eigenvalue weighted by molar-refractivity contribution is 7.18. The molecule has 2 aromatic heterocycles. The number of fused-ring (bicyclic) bond motifs is 1. The van der Waals surface area contributed by atoms with E-state index < -0.39 is 36.4 Å². The second kappa shape index (κ2) is 8.01. The lowest BCUT2D eigenvalue weighted by molar-refractivity contribution is -0.136. The average Bonchev–Trinajstić information content (AvgIpc) is 3.21. The predicted molar refractivity (Wildman–Crippen MR) is 107 cm³/mol. The number of hydrogen-bond donors (Lipinski definition) is 1. The number of nitrogens with zero attached hydrogens (tertiary/aromatic N) is 5. The molecule has 1 saturated heterocycles. The summed E-state index contributed by atoms with van der Waals surface area (Å²) in [5.41, 5.74) is -0.651. The van der Waals surface area contributed by atoms with Gasteiger partial charge >= 0.3 is 11.9 Å². The summed E-state index contributed by atoms with van der Waals surface area (Å²) in [6.45, 7) is 2.87. The van der Waals surface area contributed by atoms with E-state index in [4.69, 9.17) is 10.00 Å². The van der Waals surface area contributed by atoms with Crippen molar-refractivity contribution in [1.29, 1.82) is 5.26 Å². The Morgan fingerprint density at radius 3 is 2.71 bits per heavy atom. The van der Waals surface area contributed by atoms with Crippen LogP contribution >= 0.6 is 11.3 Å². The van der Waals surface area contributed by atoms with E-state index in [9.17, 15) is 22.8 Å². The molecule has 166 valence electrons. The Labute approximate surface area is 178 Å². The van der Waals surface area contributed by atoms with E-state index in [0.717, 1.165) is 25.3 Å². The largest absolute Gasteiger partial charge is 0.390 e. The quantitative estimate of drug-likeness (QED) is 0.537. The highest BCUT2D eigenvalue weighted by Gasteiger charge is 2.31. The Bertz CT molecular complexity index is 1200. The van der Waals surface area contributed by atoms with Gasteiger partial charge in [0.05, 0.1) is 44.2 Å². The summed E-state index contributed by atoms with van der Waals surface area (Å²) in [6.07, 6.45) is -3.80. The van der Waals surface area contributed by atoms with Gasteiger partial charge in [0.25, 0.3) is 5.56 Å². The number of aliphatic imine (C=N–C) groups is 1. The van der Waals surface area contributed by atoms with Crippen molar-refractivity contribution in [3.05, 3.63) is 31.3 Å². The third-order valence-electron chi connectivity index (χ3n) is 5.38. The summed E-state index contributed by atoms with van der Waals surface area (Å²) >= 11 is 1.13. The SMILES string of the molecule is Cc1c(CN2CCN=C2NC#N)sc2c1c(=O)n(C1COC1)c(=O)n2CCC(F)(F)F. The standard InChI is InChI=1S/C18H19F3N6O3S/c1-10-12(6-25-5-3-23-16(25)24-9-22)31-15-13(10)14(28)27(11-7-30-8-11)17(29)26(15)4-2-18(19,20)21/h11H,2-8H2,1H3,(H,23,24). The Morgan fingerprint density at radius 2 is 2.10 bits per heavy atom. The van der Waals surface area contributed by atoms with E-state index in [1.807, 2.05) is 11.1 Å². The normalized spacial score (nSPS) is 17.0. The molecule has 0 aromatic carbocycles. The van der Waals surface area contributed by atoms with Crippen molar-refractivity contribution in [2.75, 3.05) is 26.3 Å². The number of halogens is 3. The zero-order chi connectivity index (χ0) is 22.3. The van der Waals surface area contributed by atoms with Crippen molar-refractivity contribution in [3.63, 3.8) is 0 Å². The van der Waals surface area contributed by atoms with Crippen LogP contribution in [0.4, 0.5) is 13.2 Å². The summed E-state index contributed by atoms with van der Waals surface area (Å²) in [7, 11) is 0. The molecule has 0 saturated carbocycles. The van der Waals surface area contributed by atoms with E-state index >= 15 is 0 Å². The Hall–Kier alpha value is -2.85. The Kier molecular flexibility index (Phi) is 5.52. The van der Waals surface area contributed by atoms with Crippen LogP contribution in [-0.2, 0) is 17.8 Å². The molecule has 31 heavy (non-hydrogen) atoms. The van der Waals surface area contributed by atoms with Crippen molar-refractivity contribution in [2.24, 2.45) is 4.99 Å². The maximum Gasteiger partial charge on any atom is 0.390 e. The molecular formula is C18H19F3N6O3S. The number of aromatic nitrogens is 2. The van der Waals surface area contributed by atoms with E-state index in [1.165, 1.54) is 0 Å². The van der Waals surface area contributed by atoms with Gasteiger partial charge in [-0.1, -0.05) is 0 Å². The topological polar surface area (TPSA) is 105 Å². The van der Waals surface area contributed by atoms with Gasteiger partial charge < -0.3 is 9.64 Å². The molecule has 13 heteroatoms. The summed E-state index contributed by atoms with van der Waals surface area (Å²) in [5.74, 6) is 0.401. The van der Waals surface area contributed by atoms with Crippen molar-refractivity contribution in [3.8, 4) is 6.19 Å². The molecule has 2 aliphatic heterocycles. The third-order valence-corrected chi connectivity index (χ3v) is 6.68. The van der Waals surface area contributed by atoms with Gasteiger partial charge in [0, 0.05) is 18.0 Å². The first-order valence-electron chi connectivity index (χ1n) is 9.57. The maximum absolute atomic E-state index is 13.2. The van der Waals surface area contributed by atoms with E-state index in [2.05, 4.69) is 10.3 Å². The summed E-state index contributed by atoms with van der Waals surface area (Å²) < 4.78 is 45.9. The van der Waals surface area contributed by atoms with Crippen LogP contribution in [0.25, 0.3) is 10.2 Å². The summed E-state index contributed by atoms with van der Waals surface area (Å²) in [4.78, 5) is 33.1. The molecule has 0 amide bonds. The predicted octanol–water partition coefficient (Wildman–Crippen LogP) is 1.30. The zero-order valence-corrected chi connectivity index (χ0v) is 17.3. The molecular weight excluding hydrogens is 437 g/mol. The average molecular weight is 456 g/mol. The first-order valence-corrected chi connectivity index (χ1v) is 10.4. The van der Waals surface area contributed by atoms with Crippen LogP contribution < -0.4 is 16.6 Å². The Morgan fingerprint density at radius 1 is 1.35 bits per heavy atom. The monoisotopic (exact) mass is 456 g/mol. The highest BCUT2D eigenvalue weighted by atomic mass is 32.1. The highest BCUT2D eigenvalue weighted by Crippen LogP contribution is 2.31. The van der Waals surface area contributed by atoms with Gasteiger partial charge in [0.15, 0.2) is 6.19 Å². The summed E-state index contributed by atoms with van der Waals surface area (Å²) in [6, 6.07) is -0.485. The lowest BCUT2D eigenvalue weighted by Crippen LogP contribution is -2.48.